The molecule has 2 rings (SSSR count). The Morgan fingerprint density at radius 1 is 1.33 bits per heavy atom. The van der Waals surface area contributed by atoms with E-state index in [9.17, 15) is 18.0 Å². The summed E-state index contributed by atoms with van der Waals surface area (Å²) in [6.07, 6.45) is 0.689. The molecule has 0 radical (unpaired) electrons. The number of amides is 2. The van der Waals surface area contributed by atoms with Gasteiger partial charge in [-0.3, -0.25) is 4.79 Å². The molecule has 8 nitrogen and oxygen atoms in total. The van der Waals surface area contributed by atoms with Crippen LogP contribution in [0.3, 0.4) is 0 Å². The second kappa shape index (κ2) is 7.95. The summed E-state index contributed by atoms with van der Waals surface area (Å²) in [7, 11) is -2.27. The van der Waals surface area contributed by atoms with E-state index in [0.717, 1.165) is 16.2 Å². The highest BCUT2D eigenvalue weighted by Gasteiger charge is 2.27. The lowest BCUT2D eigenvalue weighted by Gasteiger charge is -2.30. The number of carbonyl (C=O) groups excluding carboxylic acids is 2. The van der Waals surface area contributed by atoms with Crippen LogP contribution in [0.2, 0.25) is 0 Å². The lowest BCUT2D eigenvalue weighted by atomic mass is 10.1. The Hall–Kier alpha value is -1.65. The number of nitrogens with one attached hydrogen (secondary N) is 2. The van der Waals surface area contributed by atoms with Gasteiger partial charge in [-0.05, 0) is 25.0 Å². The van der Waals surface area contributed by atoms with Crippen LogP contribution in [0.5, 0.6) is 0 Å². The summed E-state index contributed by atoms with van der Waals surface area (Å²) in [5.41, 5.74) is 0. The monoisotopic (exact) mass is 375 g/mol. The standard InChI is InChI=1S/C14H21N3O5S2/c1-10(18)15-9-12-3-4-13(23-12)24(20,21)16-11-5-7-17(8-6-11)14(19)22-2/h3-4,11,16H,5-9H2,1-2H3,(H,15,18). The molecular formula is C14H21N3O5S2. The summed E-state index contributed by atoms with van der Waals surface area (Å²) >= 11 is 1.13. The van der Waals surface area contributed by atoms with Crippen LogP contribution in [0.4, 0.5) is 4.79 Å². The van der Waals surface area contributed by atoms with Crippen LogP contribution >= 0.6 is 11.3 Å². The van der Waals surface area contributed by atoms with Gasteiger partial charge in [-0.1, -0.05) is 0 Å². The summed E-state index contributed by atoms with van der Waals surface area (Å²) in [6.45, 7) is 2.64. The van der Waals surface area contributed by atoms with Crippen LogP contribution < -0.4 is 10.0 Å². The Morgan fingerprint density at radius 2 is 2.00 bits per heavy atom. The Kier molecular flexibility index (Phi) is 6.19. The summed E-state index contributed by atoms with van der Waals surface area (Å²) in [4.78, 5) is 24.7. The van der Waals surface area contributed by atoms with E-state index in [0.29, 0.717) is 32.5 Å². The van der Waals surface area contributed by atoms with Gasteiger partial charge in [0.1, 0.15) is 4.21 Å². The minimum Gasteiger partial charge on any atom is -0.453 e. The maximum Gasteiger partial charge on any atom is 0.409 e. The van der Waals surface area contributed by atoms with Gasteiger partial charge in [-0.15, -0.1) is 11.3 Å². The predicted octanol–water partition coefficient (Wildman–Crippen LogP) is 0.893. The number of rotatable bonds is 5. The van der Waals surface area contributed by atoms with E-state index in [1.807, 2.05) is 0 Å². The van der Waals surface area contributed by atoms with Gasteiger partial charge in [0, 0.05) is 30.9 Å². The molecule has 1 saturated heterocycles. The Balaban J connectivity index is 1.92. The highest BCUT2D eigenvalue weighted by atomic mass is 32.2. The lowest BCUT2D eigenvalue weighted by molar-refractivity contribution is -0.119. The van der Waals surface area contributed by atoms with Gasteiger partial charge >= 0.3 is 6.09 Å². The number of likely N-dealkylation sites (tertiary alicyclic amines) is 1. The van der Waals surface area contributed by atoms with Crippen LogP contribution in [0.15, 0.2) is 16.3 Å². The van der Waals surface area contributed by atoms with Gasteiger partial charge in [-0.2, -0.15) is 0 Å². The quantitative estimate of drug-likeness (QED) is 0.795. The summed E-state index contributed by atoms with van der Waals surface area (Å²) in [6, 6.07) is 3.01. The smallest absolute Gasteiger partial charge is 0.409 e. The van der Waals surface area contributed by atoms with Crippen molar-refractivity contribution in [3.63, 3.8) is 0 Å². The number of nitrogens with zero attached hydrogens (tertiary/aromatic N) is 1. The van der Waals surface area contributed by atoms with Gasteiger partial charge < -0.3 is 15.0 Å². The molecule has 1 fully saturated rings. The molecule has 0 saturated carbocycles. The second-order valence-electron chi connectivity index (χ2n) is 5.48. The van der Waals surface area contributed by atoms with Gasteiger partial charge in [-0.25, -0.2) is 17.9 Å². The normalized spacial score (nSPS) is 16.0. The van der Waals surface area contributed by atoms with E-state index in [-0.39, 0.29) is 16.2 Å². The first-order chi connectivity index (χ1) is 11.3. The third-order valence-electron chi connectivity index (χ3n) is 3.66. The van der Waals surface area contributed by atoms with Crippen LogP contribution in [0.1, 0.15) is 24.6 Å². The number of sulfonamides is 1. The number of methoxy groups -OCH3 is 1. The van der Waals surface area contributed by atoms with Gasteiger partial charge in [0.25, 0.3) is 0 Å². The SMILES string of the molecule is COC(=O)N1CCC(NS(=O)(=O)c2ccc(CNC(C)=O)s2)CC1. The zero-order valence-corrected chi connectivity index (χ0v) is 15.2. The fourth-order valence-corrected chi connectivity index (χ4v) is 5.01. The van der Waals surface area contributed by atoms with Crippen molar-refractivity contribution in [3.05, 3.63) is 17.0 Å². The Morgan fingerprint density at radius 3 is 2.58 bits per heavy atom. The number of hydrogen-bond acceptors (Lipinski definition) is 6. The molecule has 134 valence electrons. The second-order valence-corrected chi connectivity index (χ2v) is 8.59. The maximum atomic E-state index is 12.4. The van der Waals surface area contributed by atoms with Crippen molar-refractivity contribution in [2.45, 2.75) is 36.6 Å². The average molecular weight is 375 g/mol. The predicted molar refractivity (Wildman–Crippen MR) is 89.2 cm³/mol. The van der Waals surface area contributed by atoms with Crippen LogP contribution in [-0.4, -0.2) is 51.6 Å². The summed E-state index contributed by atoms with van der Waals surface area (Å²) in [5, 5.41) is 2.64. The van der Waals surface area contributed by atoms with E-state index < -0.39 is 16.1 Å². The largest absolute Gasteiger partial charge is 0.453 e. The molecule has 0 aliphatic carbocycles. The molecule has 0 unspecified atom stereocenters. The molecule has 2 N–H and O–H groups in total. The zero-order chi connectivity index (χ0) is 17.7. The summed E-state index contributed by atoms with van der Waals surface area (Å²) < 4.78 is 32.4. The molecule has 24 heavy (non-hydrogen) atoms. The molecule has 0 atom stereocenters. The summed E-state index contributed by atoms with van der Waals surface area (Å²) in [5.74, 6) is -0.164. The van der Waals surface area contributed by atoms with Crippen LogP contribution in [0, 0.1) is 0 Å². The number of ether oxygens (including phenoxy) is 1. The Bertz CT molecular complexity index is 693. The minimum absolute atomic E-state index is 0.164. The molecule has 0 spiro atoms. The third kappa shape index (κ3) is 4.92. The number of carbonyl (C=O) groups is 2. The van der Waals surface area contributed by atoms with Gasteiger partial charge in [0.15, 0.2) is 0 Å². The van der Waals surface area contributed by atoms with Crippen LogP contribution in [-0.2, 0) is 26.1 Å². The molecule has 0 aromatic carbocycles. The van der Waals surface area contributed by atoms with Crippen molar-refractivity contribution >= 4 is 33.4 Å². The molecule has 1 aromatic heterocycles. The van der Waals surface area contributed by atoms with Gasteiger partial charge in [0.2, 0.25) is 15.9 Å². The highest BCUT2D eigenvalue weighted by molar-refractivity contribution is 7.91. The number of hydrogen-bond donors (Lipinski definition) is 2. The van der Waals surface area contributed by atoms with E-state index >= 15 is 0 Å². The number of piperidine rings is 1. The van der Waals surface area contributed by atoms with E-state index in [2.05, 4.69) is 14.8 Å². The van der Waals surface area contributed by atoms with Crippen molar-refractivity contribution < 1.29 is 22.7 Å². The molecular weight excluding hydrogens is 354 g/mol. The van der Waals surface area contributed by atoms with Gasteiger partial charge in [0.05, 0.1) is 13.7 Å². The maximum absolute atomic E-state index is 12.4. The van der Waals surface area contributed by atoms with Crippen molar-refractivity contribution in [2.24, 2.45) is 0 Å². The van der Waals surface area contributed by atoms with E-state index in [4.69, 9.17) is 0 Å². The molecule has 10 heteroatoms. The highest BCUT2D eigenvalue weighted by Crippen LogP contribution is 2.23. The third-order valence-corrected chi connectivity index (χ3v) is 6.76. The van der Waals surface area contributed by atoms with Crippen molar-refractivity contribution in [2.75, 3.05) is 20.2 Å². The van der Waals surface area contributed by atoms with Crippen LogP contribution in [0.25, 0.3) is 0 Å². The Labute approximate surface area is 145 Å². The lowest BCUT2D eigenvalue weighted by Crippen LogP contribution is -2.46. The van der Waals surface area contributed by atoms with E-state index in [1.165, 1.54) is 20.1 Å². The molecule has 1 aromatic rings. The van der Waals surface area contributed by atoms with Crippen molar-refractivity contribution in [3.8, 4) is 0 Å². The minimum atomic E-state index is -3.60. The van der Waals surface area contributed by atoms with Crippen molar-refractivity contribution in [1.29, 1.82) is 0 Å². The first-order valence-corrected chi connectivity index (χ1v) is 9.80. The average Bonchev–Trinajstić information content (AvgIpc) is 3.02. The fraction of sp³-hybridized carbons (Fsp3) is 0.571. The number of thiophene rings is 1. The topological polar surface area (TPSA) is 105 Å². The van der Waals surface area contributed by atoms with E-state index in [1.54, 1.807) is 11.0 Å². The molecule has 1 aliphatic rings. The zero-order valence-electron chi connectivity index (χ0n) is 13.6. The molecule has 1 aliphatic heterocycles. The molecule has 2 amide bonds. The first-order valence-electron chi connectivity index (χ1n) is 7.50. The van der Waals surface area contributed by atoms with Crippen molar-refractivity contribution in [1.82, 2.24) is 14.9 Å². The first kappa shape index (κ1) is 18.7. The molecule has 0 bridgehead atoms. The molecule has 2 heterocycles. The fourth-order valence-electron chi connectivity index (χ4n) is 2.40.